The zero-order chi connectivity index (χ0) is 29.4. The molecule has 0 saturated carbocycles. The quantitative estimate of drug-likeness (QED) is 0.403. The van der Waals surface area contributed by atoms with Gasteiger partial charge in [-0.25, -0.2) is 4.98 Å². The lowest BCUT2D eigenvalue weighted by molar-refractivity contribution is -0.143. The van der Waals surface area contributed by atoms with E-state index in [0.717, 1.165) is 11.3 Å². The summed E-state index contributed by atoms with van der Waals surface area (Å²) in [5.41, 5.74) is -3.69. The van der Waals surface area contributed by atoms with Crippen molar-refractivity contribution in [1.82, 2.24) is 25.2 Å². The second-order valence-corrected chi connectivity index (χ2v) is 10.3. The molecule has 4 rings (SSSR count). The first kappa shape index (κ1) is 29.4. The lowest BCUT2D eigenvalue weighted by Crippen LogP contribution is -2.48. The zero-order valence-electron chi connectivity index (χ0n) is 21.3. The number of nitrogens with one attached hydrogen (secondary N) is 1. The highest BCUT2D eigenvalue weighted by Gasteiger charge is 2.38. The Morgan fingerprint density at radius 3 is 2.12 bits per heavy atom. The number of nitrogens with zero attached hydrogens (tertiary/aromatic N) is 4. The molecule has 0 radical (unpaired) electrons. The lowest BCUT2D eigenvalue weighted by atomic mass is 10.0. The maximum atomic E-state index is 13.2. The van der Waals surface area contributed by atoms with Gasteiger partial charge in [0.05, 0.1) is 41.3 Å². The molecule has 214 valence electrons. The number of carbonyl (C=O) groups is 2. The van der Waals surface area contributed by atoms with Gasteiger partial charge in [0.2, 0.25) is 0 Å². The fourth-order valence-electron chi connectivity index (χ4n) is 4.25. The summed E-state index contributed by atoms with van der Waals surface area (Å²) in [5.74, 6) is -1.42. The van der Waals surface area contributed by atoms with Crippen molar-refractivity contribution in [2.24, 2.45) is 0 Å². The Balaban J connectivity index is 1.58. The Kier molecular flexibility index (Phi) is 8.17. The Morgan fingerprint density at radius 2 is 1.55 bits per heavy atom. The molecule has 1 aliphatic rings. The highest BCUT2D eigenvalue weighted by atomic mass is 32.1. The number of hydrogen-bond donors (Lipinski definition) is 1. The summed E-state index contributed by atoms with van der Waals surface area (Å²) in [6.07, 6.45) is -6.43. The van der Waals surface area contributed by atoms with Gasteiger partial charge in [-0.3, -0.25) is 19.6 Å². The number of ether oxygens (including phenoxy) is 1. The molecule has 1 aromatic carbocycles. The topological polar surface area (TPSA) is 97.3 Å². The SMILES string of the molecule is CC(NC(=O)c1cc(C(F)(F)F)cc(C(F)(F)F)c1)c1nccnc1-c1ncc(C(=O)N2C[C@@H](C)O[C@@H](C)C2)s1. The van der Waals surface area contributed by atoms with Gasteiger partial charge in [-0.15, -0.1) is 11.3 Å². The molecule has 3 atom stereocenters. The standard InChI is InChI=1S/C25H23F6N5O3S/c1-12-10-36(11-13(2)39-12)23(38)18-9-34-22(40-18)20-19(32-4-5-33-20)14(3)35-21(37)15-6-16(24(26,27)28)8-17(7-15)25(29,30)31/h4-9,12-14H,10-11H2,1-3H3,(H,35,37)/t12-,13+,14?. The fraction of sp³-hybridized carbons (Fsp3) is 0.400. The van der Waals surface area contributed by atoms with Gasteiger partial charge < -0.3 is 15.0 Å². The summed E-state index contributed by atoms with van der Waals surface area (Å²) in [5, 5.41) is 2.67. The molecule has 8 nitrogen and oxygen atoms in total. The normalized spacial score (nSPS) is 18.9. The monoisotopic (exact) mass is 587 g/mol. The molecule has 0 bridgehead atoms. The van der Waals surface area contributed by atoms with Crippen LogP contribution in [0.4, 0.5) is 26.3 Å². The van der Waals surface area contributed by atoms with Crippen molar-refractivity contribution < 1.29 is 40.7 Å². The van der Waals surface area contributed by atoms with E-state index in [1.54, 1.807) is 4.90 Å². The van der Waals surface area contributed by atoms with E-state index >= 15 is 0 Å². The molecule has 0 spiro atoms. The number of aromatic nitrogens is 3. The summed E-state index contributed by atoms with van der Waals surface area (Å²) < 4.78 is 85.0. The predicted molar refractivity (Wildman–Crippen MR) is 131 cm³/mol. The summed E-state index contributed by atoms with van der Waals surface area (Å²) in [4.78, 5) is 40.5. The summed E-state index contributed by atoms with van der Waals surface area (Å²) in [6, 6.07) is -0.355. The molecule has 15 heteroatoms. The minimum absolute atomic E-state index is 0.0550. The zero-order valence-corrected chi connectivity index (χ0v) is 22.1. The fourth-order valence-corrected chi connectivity index (χ4v) is 5.14. The van der Waals surface area contributed by atoms with Crippen LogP contribution in [0.25, 0.3) is 10.7 Å². The molecule has 0 aliphatic carbocycles. The second kappa shape index (κ2) is 11.1. The van der Waals surface area contributed by atoms with Gasteiger partial charge in [0.25, 0.3) is 11.8 Å². The molecule has 2 amide bonds. The number of rotatable bonds is 5. The van der Waals surface area contributed by atoms with Crippen LogP contribution < -0.4 is 5.32 Å². The number of carbonyl (C=O) groups excluding carboxylic acids is 2. The first-order chi connectivity index (χ1) is 18.6. The van der Waals surface area contributed by atoms with Crippen LogP contribution in [0.2, 0.25) is 0 Å². The molecule has 2 aromatic heterocycles. The second-order valence-electron chi connectivity index (χ2n) is 9.28. The predicted octanol–water partition coefficient (Wildman–Crippen LogP) is 5.38. The third-order valence-corrected chi connectivity index (χ3v) is 6.95. The molecular formula is C25H23F6N5O3S. The molecule has 1 unspecified atom stereocenters. The van der Waals surface area contributed by atoms with Gasteiger partial charge in [0.1, 0.15) is 15.6 Å². The first-order valence-electron chi connectivity index (χ1n) is 12.0. The van der Waals surface area contributed by atoms with Crippen LogP contribution in [0.1, 0.15) is 63.7 Å². The summed E-state index contributed by atoms with van der Waals surface area (Å²) >= 11 is 1.04. The van der Waals surface area contributed by atoms with E-state index in [1.807, 2.05) is 13.8 Å². The number of halogens is 6. The molecule has 3 heterocycles. The number of benzene rings is 1. The number of thiazole rings is 1. The lowest BCUT2D eigenvalue weighted by Gasteiger charge is -2.35. The van der Waals surface area contributed by atoms with Crippen LogP contribution in [-0.4, -0.2) is 57.0 Å². The number of morpholine rings is 1. The van der Waals surface area contributed by atoms with Crippen LogP contribution in [0.5, 0.6) is 0 Å². The van der Waals surface area contributed by atoms with Crippen LogP contribution in [0, 0.1) is 0 Å². The highest BCUT2D eigenvalue weighted by Crippen LogP contribution is 2.36. The largest absolute Gasteiger partial charge is 0.416 e. The Bertz CT molecular complexity index is 1370. The molecule has 1 aliphatic heterocycles. The minimum Gasteiger partial charge on any atom is -0.372 e. The average molecular weight is 588 g/mol. The van der Waals surface area contributed by atoms with Gasteiger partial charge >= 0.3 is 12.4 Å². The van der Waals surface area contributed by atoms with Gasteiger partial charge in [-0.2, -0.15) is 26.3 Å². The van der Waals surface area contributed by atoms with Crippen molar-refractivity contribution in [3.63, 3.8) is 0 Å². The molecule has 1 fully saturated rings. The Morgan fingerprint density at radius 1 is 0.975 bits per heavy atom. The minimum atomic E-state index is -5.10. The molecule has 1 N–H and O–H groups in total. The summed E-state index contributed by atoms with van der Waals surface area (Å²) in [6.45, 7) is 5.97. The summed E-state index contributed by atoms with van der Waals surface area (Å²) in [7, 11) is 0. The molecule has 3 aromatic rings. The Labute approximate surface area is 228 Å². The van der Waals surface area contributed by atoms with E-state index in [4.69, 9.17) is 4.74 Å². The molecule has 1 saturated heterocycles. The van der Waals surface area contributed by atoms with Crippen molar-refractivity contribution in [2.45, 2.75) is 51.4 Å². The third kappa shape index (κ3) is 6.58. The van der Waals surface area contributed by atoms with Crippen molar-refractivity contribution in [3.05, 3.63) is 64.1 Å². The van der Waals surface area contributed by atoms with Crippen LogP contribution in [-0.2, 0) is 17.1 Å². The number of alkyl halides is 6. The van der Waals surface area contributed by atoms with Crippen molar-refractivity contribution in [2.75, 3.05) is 13.1 Å². The van der Waals surface area contributed by atoms with Gasteiger partial charge in [-0.1, -0.05) is 0 Å². The van der Waals surface area contributed by atoms with Crippen molar-refractivity contribution in [3.8, 4) is 10.7 Å². The van der Waals surface area contributed by atoms with E-state index in [9.17, 15) is 35.9 Å². The van der Waals surface area contributed by atoms with Crippen LogP contribution >= 0.6 is 11.3 Å². The maximum Gasteiger partial charge on any atom is 0.416 e. The van der Waals surface area contributed by atoms with E-state index in [1.165, 1.54) is 25.5 Å². The molecular weight excluding hydrogens is 564 g/mol. The third-order valence-electron chi connectivity index (χ3n) is 5.96. The van der Waals surface area contributed by atoms with Crippen LogP contribution in [0.3, 0.4) is 0 Å². The molecule has 40 heavy (non-hydrogen) atoms. The first-order valence-corrected chi connectivity index (χ1v) is 12.8. The van der Waals surface area contributed by atoms with Gasteiger partial charge in [0.15, 0.2) is 0 Å². The maximum absolute atomic E-state index is 13.2. The van der Waals surface area contributed by atoms with E-state index in [2.05, 4.69) is 20.3 Å². The highest BCUT2D eigenvalue weighted by molar-refractivity contribution is 7.16. The average Bonchev–Trinajstić information content (AvgIpc) is 3.36. The van der Waals surface area contributed by atoms with Gasteiger partial charge in [0, 0.05) is 31.0 Å². The van der Waals surface area contributed by atoms with Crippen molar-refractivity contribution in [1.29, 1.82) is 0 Å². The van der Waals surface area contributed by atoms with Crippen molar-refractivity contribution >= 4 is 23.2 Å². The van der Waals surface area contributed by atoms with Gasteiger partial charge in [-0.05, 0) is 39.0 Å². The Hall–Kier alpha value is -3.59. The smallest absolute Gasteiger partial charge is 0.372 e. The number of amides is 2. The number of hydrogen-bond acceptors (Lipinski definition) is 7. The van der Waals surface area contributed by atoms with E-state index < -0.39 is 41.0 Å². The van der Waals surface area contributed by atoms with Crippen LogP contribution in [0.15, 0.2) is 36.8 Å². The van der Waals surface area contributed by atoms with E-state index in [0.29, 0.717) is 35.1 Å². The van der Waals surface area contributed by atoms with E-state index in [-0.39, 0.29) is 35.6 Å².